The lowest BCUT2D eigenvalue weighted by molar-refractivity contribution is -0.113. The fraction of sp³-hybridized carbons (Fsp3) is 0.100. The number of methoxy groups -OCH3 is 1. The van der Waals surface area contributed by atoms with Crippen molar-refractivity contribution in [1.29, 1.82) is 0 Å². The van der Waals surface area contributed by atoms with Crippen LogP contribution in [0.3, 0.4) is 0 Å². The number of benzene rings is 1. The van der Waals surface area contributed by atoms with Gasteiger partial charge in [-0.25, -0.2) is 0 Å². The largest absolute Gasteiger partial charge is 0.497 e. The Hall–Kier alpha value is -1.97. The van der Waals surface area contributed by atoms with Gasteiger partial charge in [0, 0.05) is 17.8 Å². The Kier molecular flexibility index (Phi) is 3.12. The molecule has 1 rings (SSSR count). The van der Waals surface area contributed by atoms with E-state index < -0.39 is 5.91 Å². The molecule has 0 spiro atoms. The number of anilines is 1. The number of primary amides is 1. The van der Waals surface area contributed by atoms with Gasteiger partial charge in [0.05, 0.1) is 7.11 Å². The summed E-state index contributed by atoms with van der Waals surface area (Å²) in [5, 5.41) is 0. The van der Waals surface area contributed by atoms with Crippen molar-refractivity contribution in [3.63, 3.8) is 0 Å². The lowest BCUT2D eigenvalue weighted by Crippen LogP contribution is -2.05. The molecule has 0 saturated carbocycles. The summed E-state index contributed by atoms with van der Waals surface area (Å²) in [4.78, 5) is 10.5. The smallest absolute Gasteiger partial charge is 0.241 e. The fourth-order valence-electron chi connectivity index (χ4n) is 1.04. The average molecular weight is 192 g/mol. The molecule has 0 atom stereocenters. The van der Waals surface area contributed by atoms with Crippen molar-refractivity contribution in [2.45, 2.75) is 0 Å². The van der Waals surface area contributed by atoms with Crippen LogP contribution in [0.1, 0.15) is 5.56 Å². The maximum absolute atomic E-state index is 10.5. The average Bonchev–Trinajstić information content (AvgIpc) is 2.14. The zero-order chi connectivity index (χ0) is 10.6. The van der Waals surface area contributed by atoms with Gasteiger partial charge in [0.25, 0.3) is 0 Å². The third kappa shape index (κ3) is 2.82. The molecule has 0 aliphatic heterocycles. The van der Waals surface area contributed by atoms with E-state index >= 15 is 0 Å². The summed E-state index contributed by atoms with van der Waals surface area (Å²) in [5.41, 5.74) is 11.9. The second kappa shape index (κ2) is 4.32. The molecule has 1 amide bonds. The standard InChI is InChI=1S/C10H12N2O2/c1-14-9-5-7(2-3-10(12)13)4-8(11)6-9/h2-6H,11H2,1H3,(H2,12,13). The first-order valence-electron chi connectivity index (χ1n) is 4.04. The lowest BCUT2D eigenvalue weighted by Gasteiger charge is -2.02. The summed E-state index contributed by atoms with van der Waals surface area (Å²) in [6.45, 7) is 0. The van der Waals surface area contributed by atoms with Crippen LogP contribution in [-0.4, -0.2) is 13.0 Å². The van der Waals surface area contributed by atoms with Crippen LogP contribution in [0, 0.1) is 0 Å². The highest BCUT2D eigenvalue weighted by molar-refractivity contribution is 5.90. The van der Waals surface area contributed by atoms with Crippen molar-refractivity contribution >= 4 is 17.7 Å². The number of hydrogen-bond acceptors (Lipinski definition) is 3. The van der Waals surface area contributed by atoms with Crippen LogP contribution < -0.4 is 16.2 Å². The molecule has 4 N–H and O–H groups in total. The minimum Gasteiger partial charge on any atom is -0.497 e. The molecule has 0 aromatic heterocycles. The van der Waals surface area contributed by atoms with Gasteiger partial charge in [0.1, 0.15) is 5.75 Å². The Balaban J connectivity index is 2.97. The van der Waals surface area contributed by atoms with Gasteiger partial charge in [-0.1, -0.05) is 0 Å². The summed E-state index contributed by atoms with van der Waals surface area (Å²) in [5.74, 6) is 0.153. The van der Waals surface area contributed by atoms with E-state index in [2.05, 4.69) is 0 Å². The van der Waals surface area contributed by atoms with E-state index in [1.165, 1.54) is 6.08 Å². The molecule has 0 radical (unpaired) electrons. The van der Waals surface area contributed by atoms with E-state index in [4.69, 9.17) is 16.2 Å². The summed E-state index contributed by atoms with van der Waals surface area (Å²) in [7, 11) is 1.55. The number of ether oxygens (including phenoxy) is 1. The Labute approximate surface area is 82.2 Å². The minimum atomic E-state index is -0.494. The van der Waals surface area contributed by atoms with Crippen molar-refractivity contribution in [1.82, 2.24) is 0 Å². The van der Waals surface area contributed by atoms with Gasteiger partial charge in [0.15, 0.2) is 0 Å². The third-order valence-electron chi connectivity index (χ3n) is 1.63. The van der Waals surface area contributed by atoms with E-state index in [9.17, 15) is 4.79 Å². The Morgan fingerprint density at radius 3 is 2.71 bits per heavy atom. The summed E-state index contributed by atoms with van der Waals surface area (Å²) >= 11 is 0. The van der Waals surface area contributed by atoms with Gasteiger partial charge in [-0.05, 0) is 23.8 Å². The number of nitrogens with two attached hydrogens (primary N) is 2. The number of amides is 1. The molecule has 0 heterocycles. The lowest BCUT2D eigenvalue weighted by atomic mass is 10.2. The van der Waals surface area contributed by atoms with Gasteiger partial charge in [-0.2, -0.15) is 0 Å². The van der Waals surface area contributed by atoms with Crippen molar-refractivity contribution in [2.24, 2.45) is 5.73 Å². The number of nitrogen functional groups attached to an aromatic ring is 1. The Bertz CT molecular complexity index is 372. The van der Waals surface area contributed by atoms with Crippen molar-refractivity contribution in [2.75, 3.05) is 12.8 Å². The Morgan fingerprint density at radius 2 is 2.14 bits per heavy atom. The molecule has 1 aromatic carbocycles. The molecular formula is C10H12N2O2. The zero-order valence-corrected chi connectivity index (χ0v) is 7.86. The van der Waals surface area contributed by atoms with Crippen molar-refractivity contribution < 1.29 is 9.53 Å². The molecule has 0 aliphatic rings. The molecular weight excluding hydrogens is 180 g/mol. The normalized spacial score (nSPS) is 10.4. The maximum atomic E-state index is 10.5. The van der Waals surface area contributed by atoms with Gasteiger partial charge in [0.2, 0.25) is 5.91 Å². The van der Waals surface area contributed by atoms with Crippen LogP contribution in [0.4, 0.5) is 5.69 Å². The van der Waals surface area contributed by atoms with Gasteiger partial charge >= 0.3 is 0 Å². The second-order valence-electron chi connectivity index (χ2n) is 2.78. The van der Waals surface area contributed by atoms with Crippen LogP contribution in [0.15, 0.2) is 24.3 Å². The topological polar surface area (TPSA) is 78.3 Å². The Morgan fingerprint density at radius 1 is 1.43 bits per heavy atom. The summed E-state index contributed by atoms with van der Waals surface area (Å²) in [6.07, 6.45) is 2.86. The quantitative estimate of drug-likeness (QED) is 0.548. The van der Waals surface area contributed by atoms with E-state index in [1.807, 2.05) is 0 Å². The van der Waals surface area contributed by atoms with E-state index in [-0.39, 0.29) is 0 Å². The monoisotopic (exact) mass is 192 g/mol. The predicted molar refractivity (Wildman–Crippen MR) is 55.6 cm³/mol. The van der Waals surface area contributed by atoms with E-state index in [0.29, 0.717) is 11.4 Å². The molecule has 4 heteroatoms. The molecule has 1 aromatic rings. The second-order valence-corrected chi connectivity index (χ2v) is 2.78. The molecule has 0 unspecified atom stereocenters. The highest BCUT2D eigenvalue weighted by Gasteiger charge is 1.96. The predicted octanol–water partition coefficient (Wildman–Crippen LogP) is 0.776. The SMILES string of the molecule is COc1cc(N)cc(C=CC(N)=O)c1. The first-order valence-corrected chi connectivity index (χ1v) is 4.04. The molecule has 0 bridgehead atoms. The molecule has 0 aliphatic carbocycles. The highest BCUT2D eigenvalue weighted by Crippen LogP contribution is 2.19. The number of carbonyl (C=O) groups excluding carboxylic acids is 1. The fourth-order valence-corrected chi connectivity index (χ4v) is 1.04. The number of carbonyl (C=O) groups is 1. The first-order chi connectivity index (χ1) is 6.61. The van der Waals surface area contributed by atoms with Crippen LogP contribution in [0.5, 0.6) is 5.75 Å². The van der Waals surface area contributed by atoms with Crippen LogP contribution in [0.25, 0.3) is 6.08 Å². The van der Waals surface area contributed by atoms with E-state index in [1.54, 1.807) is 31.4 Å². The first kappa shape index (κ1) is 10.1. The van der Waals surface area contributed by atoms with Crippen molar-refractivity contribution in [3.05, 3.63) is 29.8 Å². The van der Waals surface area contributed by atoms with Gasteiger partial charge in [-0.3, -0.25) is 4.79 Å². The summed E-state index contributed by atoms with van der Waals surface area (Å²) < 4.78 is 5.01. The third-order valence-corrected chi connectivity index (χ3v) is 1.63. The zero-order valence-electron chi connectivity index (χ0n) is 7.86. The summed E-state index contributed by atoms with van der Waals surface area (Å²) in [6, 6.07) is 5.18. The maximum Gasteiger partial charge on any atom is 0.241 e. The van der Waals surface area contributed by atoms with Crippen LogP contribution >= 0.6 is 0 Å². The number of rotatable bonds is 3. The number of hydrogen-bond donors (Lipinski definition) is 2. The van der Waals surface area contributed by atoms with Gasteiger partial charge < -0.3 is 16.2 Å². The molecule has 0 fully saturated rings. The molecule has 74 valence electrons. The highest BCUT2D eigenvalue weighted by atomic mass is 16.5. The molecule has 4 nitrogen and oxygen atoms in total. The van der Waals surface area contributed by atoms with Crippen LogP contribution in [-0.2, 0) is 4.79 Å². The van der Waals surface area contributed by atoms with E-state index in [0.717, 1.165) is 5.56 Å². The van der Waals surface area contributed by atoms with Crippen LogP contribution in [0.2, 0.25) is 0 Å². The molecule has 14 heavy (non-hydrogen) atoms. The van der Waals surface area contributed by atoms with Gasteiger partial charge in [-0.15, -0.1) is 0 Å². The van der Waals surface area contributed by atoms with Crippen molar-refractivity contribution in [3.8, 4) is 5.75 Å². The molecule has 0 saturated heterocycles. The minimum absolute atomic E-state index is 0.494.